The number of nitrogens with zero attached hydrogens (tertiary/aromatic N) is 1. The van der Waals surface area contributed by atoms with Crippen LogP contribution in [-0.4, -0.2) is 36.0 Å². The van der Waals surface area contributed by atoms with Crippen LogP contribution in [0.15, 0.2) is 0 Å². The van der Waals surface area contributed by atoms with Gasteiger partial charge < -0.3 is 10.2 Å². The zero-order valence-corrected chi connectivity index (χ0v) is 9.88. The molecule has 0 aromatic rings. The van der Waals surface area contributed by atoms with Crippen molar-refractivity contribution >= 4 is 5.91 Å². The first kappa shape index (κ1) is 10.9. The number of piperidine rings is 1. The van der Waals surface area contributed by atoms with Crippen molar-refractivity contribution in [1.29, 1.82) is 0 Å². The molecule has 2 aliphatic heterocycles. The van der Waals surface area contributed by atoms with Gasteiger partial charge in [-0.1, -0.05) is 0 Å². The smallest absolute Gasteiger partial charge is 0.227 e. The van der Waals surface area contributed by atoms with Gasteiger partial charge in [-0.05, 0) is 46.1 Å². The highest BCUT2D eigenvalue weighted by atomic mass is 16.2. The van der Waals surface area contributed by atoms with E-state index in [1.807, 2.05) is 0 Å². The van der Waals surface area contributed by atoms with Crippen molar-refractivity contribution in [3.8, 4) is 0 Å². The molecule has 0 spiro atoms. The molecule has 3 heteroatoms. The maximum absolute atomic E-state index is 12.3. The predicted octanol–water partition coefficient (Wildman–Crippen LogP) is 1.39. The number of hydrogen-bond donors (Lipinski definition) is 1. The summed E-state index contributed by atoms with van der Waals surface area (Å²) in [6, 6.07) is 0. The molecule has 2 fully saturated rings. The van der Waals surface area contributed by atoms with Crippen LogP contribution in [0.4, 0.5) is 0 Å². The minimum atomic E-state index is 0.0918. The Morgan fingerprint density at radius 2 is 2.20 bits per heavy atom. The van der Waals surface area contributed by atoms with E-state index in [9.17, 15) is 4.79 Å². The van der Waals surface area contributed by atoms with Gasteiger partial charge in [0.2, 0.25) is 5.91 Å². The van der Waals surface area contributed by atoms with E-state index < -0.39 is 0 Å². The molecule has 0 radical (unpaired) electrons. The van der Waals surface area contributed by atoms with Crippen molar-refractivity contribution in [3.05, 3.63) is 0 Å². The van der Waals surface area contributed by atoms with Crippen LogP contribution in [0.5, 0.6) is 0 Å². The van der Waals surface area contributed by atoms with Gasteiger partial charge in [0.1, 0.15) is 0 Å². The molecule has 3 nitrogen and oxygen atoms in total. The zero-order valence-electron chi connectivity index (χ0n) is 9.88. The van der Waals surface area contributed by atoms with E-state index in [-0.39, 0.29) is 11.5 Å². The first-order chi connectivity index (χ1) is 7.11. The predicted molar refractivity (Wildman–Crippen MR) is 60.6 cm³/mol. The Morgan fingerprint density at radius 1 is 1.40 bits per heavy atom. The van der Waals surface area contributed by atoms with E-state index >= 15 is 0 Å². The Labute approximate surface area is 92.2 Å². The van der Waals surface area contributed by atoms with Crippen LogP contribution in [0, 0.1) is 5.92 Å². The fraction of sp³-hybridized carbons (Fsp3) is 0.917. The second-order valence-electron chi connectivity index (χ2n) is 5.45. The SMILES string of the molecule is CC1(C)CCCN1C(=O)[C@H]1CCCNC1. The van der Waals surface area contributed by atoms with Crippen molar-refractivity contribution < 1.29 is 4.79 Å². The third-order valence-corrected chi connectivity index (χ3v) is 3.81. The Balaban J connectivity index is 2.00. The average molecular weight is 210 g/mol. The largest absolute Gasteiger partial charge is 0.337 e. The quantitative estimate of drug-likeness (QED) is 0.709. The average Bonchev–Trinajstić information content (AvgIpc) is 2.58. The monoisotopic (exact) mass is 210 g/mol. The zero-order chi connectivity index (χ0) is 10.9. The molecule has 2 aliphatic rings. The number of rotatable bonds is 1. The molecule has 0 aromatic heterocycles. The maximum Gasteiger partial charge on any atom is 0.227 e. The molecule has 1 N–H and O–H groups in total. The molecular formula is C12H22N2O. The minimum absolute atomic E-state index is 0.0918. The Hall–Kier alpha value is -0.570. The van der Waals surface area contributed by atoms with Crippen molar-refractivity contribution in [2.75, 3.05) is 19.6 Å². The van der Waals surface area contributed by atoms with Gasteiger partial charge in [-0.2, -0.15) is 0 Å². The van der Waals surface area contributed by atoms with Crippen LogP contribution in [0.1, 0.15) is 39.5 Å². The molecule has 1 atom stereocenters. The van der Waals surface area contributed by atoms with E-state index in [1.54, 1.807) is 0 Å². The van der Waals surface area contributed by atoms with Crippen LogP contribution in [0.3, 0.4) is 0 Å². The van der Waals surface area contributed by atoms with Gasteiger partial charge in [0.15, 0.2) is 0 Å². The van der Waals surface area contributed by atoms with Crippen molar-refractivity contribution in [2.45, 2.75) is 45.1 Å². The Kier molecular flexibility index (Phi) is 3.01. The number of carbonyl (C=O) groups excluding carboxylic acids is 1. The lowest BCUT2D eigenvalue weighted by molar-refractivity contribution is -0.139. The summed E-state index contributed by atoms with van der Waals surface area (Å²) in [5.41, 5.74) is 0.0918. The second-order valence-corrected chi connectivity index (χ2v) is 5.45. The standard InChI is InChI=1S/C12H22N2O/c1-12(2)6-4-8-14(12)11(15)10-5-3-7-13-9-10/h10,13H,3-9H2,1-2H3/t10-/m0/s1. The molecule has 0 aliphatic carbocycles. The molecule has 2 rings (SSSR count). The number of likely N-dealkylation sites (tertiary alicyclic amines) is 1. The van der Waals surface area contributed by atoms with Crippen LogP contribution in [0.25, 0.3) is 0 Å². The molecule has 1 amide bonds. The van der Waals surface area contributed by atoms with Crippen molar-refractivity contribution in [2.24, 2.45) is 5.92 Å². The van der Waals surface area contributed by atoms with Gasteiger partial charge in [0.05, 0.1) is 5.92 Å². The second kappa shape index (κ2) is 4.12. The van der Waals surface area contributed by atoms with Crippen LogP contribution < -0.4 is 5.32 Å². The molecule has 0 unspecified atom stereocenters. The highest BCUT2D eigenvalue weighted by Crippen LogP contribution is 2.30. The van der Waals surface area contributed by atoms with E-state index in [0.29, 0.717) is 5.91 Å². The summed E-state index contributed by atoms with van der Waals surface area (Å²) in [4.78, 5) is 14.4. The highest BCUT2D eigenvalue weighted by molar-refractivity contribution is 5.80. The summed E-state index contributed by atoms with van der Waals surface area (Å²) < 4.78 is 0. The van der Waals surface area contributed by atoms with E-state index in [2.05, 4.69) is 24.1 Å². The van der Waals surface area contributed by atoms with Crippen molar-refractivity contribution in [1.82, 2.24) is 10.2 Å². The highest BCUT2D eigenvalue weighted by Gasteiger charge is 2.38. The summed E-state index contributed by atoms with van der Waals surface area (Å²) >= 11 is 0. The summed E-state index contributed by atoms with van der Waals surface area (Å²) in [7, 11) is 0. The third-order valence-electron chi connectivity index (χ3n) is 3.81. The topological polar surface area (TPSA) is 32.3 Å². The molecule has 2 heterocycles. The van der Waals surface area contributed by atoms with Crippen LogP contribution >= 0.6 is 0 Å². The first-order valence-electron chi connectivity index (χ1n) is 6.13. The first-order valence-corrected chi connectivity index (χ1v) is 6.13. The Morgan fingerprint density at radius 3 is 2.73 bits per heavy atom. The lowest BCUT2D eigenvalue weighted by atomic mass is 9.95. The molecular weight excluding hydrogens is 188 g/mol. The summed E-state index contributed by atoms with van der Waals surface area (Å²) in [5, 5.41) is 3.32. The number of hydrogen-bond acceptors (Lipinski definition) is 2. The maximum atomic E-state index is 12.3. The summed E-state index contributed by atoms with van der Waals surface area (Å²) in [6.07, 6.45) is 4.53. The van der Waals surface area contributed by atoms with E-state index in [4.69, 9.17) is 0 Å². The van der Waals surface area contributed by atoms with Gasteiger partial charge in [0.25, 0.3) is 0 Å². The molecule has 2 saturated heterocycles. The lowest BCUT2D eigenvalue weighted by Gasteiger charge is -2.35. The molecule has 86 valence electrons. The van der Waals surface area contributed by atoms with Crippen molar-refractivity contribution in [3.63, 3.8) is 0 Å². The van der Waals surface area contributed by atoms with Crippen LogP contribution in [-0.2, 0) is 4.79 Å². The number of carbonyl (C=O) groups is 1. The fourth-order valence-electron chi connectivity index (χ4n) is 2.80. The van der Waals surface area contributed by atoms with Gasteiger partial charge in [-0.15, -0.1) is 0 Å². The Bertz CT molecular complexity index is 244. The minimum Gasteiger partial charge on any atom is -0.337 e. The van der Waals surface area contributed by atoms with Gasteiger partial charge in [0, 0.05) is 18.6 Å². The molecule has 0 bridgehead atoms. The van der Waals surface area contributed by atoms with E-state index in [1.165, 1.54) is 6.42 Å². The summed E-state index contributed by atoms with van der Waals surface area (Å²) in [6.45, 7) is 7.29. The van der Waals surface area contributed by atoms with Gasteiger partial charge >= 0.3 is 0 Å². The fourth-order valence-corrected chi connectivity index (χ4v) is 2.80. The van der Waals surface area contributed by atoms with Crippen LogP contribution in [0.2, 0.25) is 0 Å². The lowest BCUT2D eigenvalue weighted by Crippen LogP contribution is -2.48. The van der Waals surface area contributed by atoms with Gasteiger partial charge in [-0.25, -0.2) is 0 Å². The number of amides is 1. The normalized spacial score (nSPS) is 30.5. The summed E-state index contributed by atoms with van der Waals surface area (Å²) in [5.74, 6) is 0.612. The van der Waals surface area contributed by atoms with E-state index in [0.717, 1.165) is 38.9 Å². The molecule has 0 aromatic carbocycles. The third kappa shape index (κ3) is 2.17. The molecule has 0 saturated carbocycles. The van der Waals surface area contributed by atoms with Gasteiger partial charge in [-0.3, -0.25) is 4.79 Å². The molecule has 15 heavy (non-hydrogen) atoms. The number of nitrogens with one attached hydrogen (secondary N) is 1.